The second-order valence-corrected chi connectivity index (χ2v) is 6.49. The van der Waals surface area contributed by atoms with Crippen molar-refractivity contribution >= 4 is 12.1 Å². The minimum Gasteiger partial charge on any atom is -0.489 e. The molecular weight excluding hydrogens is 352 g/mol. The van der Waals surface area contributed by atoms with Gasteiger partial charge in [0.25, 0.3) is 5.91 Å². The molecule has 0 bridgehead atoms. The average Bonchev–Trinajstić information content (AvgIpc) is 3.05. The van der Waals surface area contributed by atoms with Crippen molar-refractivity contribution in [3.05, 3.63) is 82.7 Å². The minimum atomic E-state index is -0.271. The summed E-state index contributed by atoms with van der Waals surface area (Å²) in [5, 5.41) is 8.16. The lowest BCUT2D eigenvalue weighted by atomic mass is 10.1. The Morgan fingerprint density at radius 2 is 2.00 bits per heavy atom. The fourth-order valence-electron chi connectivity index (χ4n) is 2.66. The van der Waals surface area contributed by atoms with Gasteiger partial charge in [-0.1, -0.05) is 31.2 Å². The Balaban J connectivity index is 1.58. The number of hydrogen-bond acceptors (Lipinski definition) is 4. The number of carbonyl (C=O) groups is 1. The van der Waals surface area contributed by atoms with Crippen LogP contribution in [-0.2, 0) is 20.1 Å². The summed E-state index contributed by atoms with van der Waals surface area (Å²) in [6, 6.07) is 15.4. The van der Waals surface area contributed by atoms with Crippen LogP contribution in [-0.4, -0.2) is 21.9 Å². The average molecular weight is 376 g/mol. The van der Waals surface area contributed by atoms with Gasteiger partial charge >= 0.3 is 0 Å². The van der Waals surface area contributed by atoms with Crippen molar-refractivity contribution in [1.29, 1.82) is 0 Å². The second-order valence-electron chi connectivity index (χ2n) is 6.49. The minimum absolute atomic E-state index is 0.271. The van der Waals surface area contributed by atoms with E-state index in [9.17, 15) is 4.79 Å². The Bertz CT molecular complexity index is 974. The van der Waals surface area contributed by atoms with Crippen molar-refractivity contribution in [2.45, 2.75) is 26.9 Å². The maximum absolute atomic E-state index is 12.3. The summed E-state index contributed by atoms with van der Waals surface area (Å²) in [5.41, 5.74) is 7.10. The lowest BCUT2D eigenvalue weighted by Gasteiger charge is -2.08. The number of hydrogen-bond donors (Lipinski definition) is 1. The third-order valence-electron chi connectivity index (χ3n) is 4.57. The van der Waals surface area contributed by atoms with Gasteiger partial charge in [0.1, 0.15) is 12.4 Å². The molecule has 28 heavy (non-hydrogen) atoms. The summed E-state index contributed by atoms with van der Waals surface area (Å²) in [4.78, 5) is 12.3. The Morgan fingerprint density at radius 1 is 1.21 bits per heavy atom. The van der Waals surface area contributed by atoms with E-state index in [4.69, 9.17) is 4.74 Å². The van der Waals surface area contributed by atoms with Crippen molar-refractivity contribution < 1.29 is 9.53 Å². The smallest absolute Gasteiger partial charge is 0.271 e. The van der Waals surface area contributed by atoms with Crippen molar-refractivity contribution in [3.8, 4) is 5.75 Å². The number of amides is 1. The Morgan fingerprint density at radius 3 is 2.68 bits per heavy atom. The first kappa shape index (κ1) is 19.4. The molecule has 1 aromatic heterocycles. The molecule has 0 unspecified atom stereocenters. The highest BCUT2D eigenvalue weighted by atomic mass is 16.5. The molecule has 0 spiro atoms. The van der Waals surface area contributed by atoms with Gasteiger partial charge in [0, 0.05) is 23.9 Å². The zero-order valence-corrected chi connectivity index (χ0v) is 16.3. The molecule has 0 fully saturated rings. The fourth-order valence-corrected chi connectivity index (χ4v) is 2.66. The van der Waals surface area contributed by atoms with Crippen molar-refractivity contribution in [2.24, 2.45) is 12.1 Å². The van der Waals surface area contributed by atoms with Crippen LogP contribution in [0.5, 0.6) is 5.75 Å². The first-order chi connectivity index (χ1) is 13.6. The molecule has 1 heterocycles. The monoisotopic (exact) mass is 376 g/mol. The van der Waals surface area contributed by atoms with Crippen LogP contribution < -0.4 is 10.2 Å². The highest BCUT2D eigenvalue weighted by Crippen LogP contribution is 2.15. The van der Waals surface area contributed by atoms with Gasteiger partial charge in [-0.2, -0.15) is 10.2 Å². The zero-order chi connectivity index (χ0) is 19.9. The van der Waals surface area contributed by atoms with Crippen LogP contribution in [0.4, 0.5) is 0 Å². The Labute approximate surface area is 164 Å². The molecule has 1 N–H and O–H groups in total. The maximum atomic E-state index is 12.3. The number of rotatable bonds is 7. The van der Waals surface area contributed by atoms with E-state index in [1.54, 1.807) is 29.2 Å². The SMILES string of the molecule is CCc1ccc(OCc2cccc(C(=O)N/N=C\c3cnn(C)c3C)c2)cc1. The molecule has 6 nitrogen and oxygen atoms in total. The number of nitrogens with one attached hydrogen (secondary N) is 1. The van der Waals surface area contributed by atoms with Crippen molar-refractivity contribution in [3.63, 3.8) is 0 Å². The molecule has 0 aliphatic heterocycles. The molecule has 6 heteroatoms. The van der Waals surface area contributed by atoms with Gasteiger partial charge in [-0.25, -0.2) is 5.43 Å². The quantitative estimate of drug-likeness (QED) is 0.506. The van der Waals surface area contributed by atoms with Gasteiger partial charge in [0.2, 0.25) is 0 Å². The van der Waals surface area contributed by atoms with Gasteiger partial charge in [-0.15, -0.1) is 0 Å². The van der Waals surface area contributed by atoms with Gasteiger partial charge in [0.15, 0.2) is 0 Å². The molecule has 1 amide bonds. The van der Waals surface area contributed by atoms with E-state index in [0.29, 0.717) is 12.2 Å². The molecular formula is C22H24N4O2. The molecule has 0 radical (unpaired) electrons. The topological polar surface area (TPSA) is 68.5 Å². The molecule has 144 valence electrons. The van der Waals surface area contributed by atoms with E-state index in [0.717, 1.165) is 29.0 Å². The normalized spacial score (nSPS) is 11.0. The van der Waals surface area contributed by atoms with E-state index in [1.807, 2.05) is 38.2 Å². The lowest BCUT2D eigenvalue weighted by molar-refractivity contribution is 0.0955. The number of hydrazone groups is 1. The number of ether oxygens (including phenoxy) is 1. The summed E-state index contributed by atoms with van der Waals surface area (Å²) in [6.45, 7) is 4.45. The van der Waals surface area contributed by atoms with E-state index in [-0.39, 0.29) is 5.91 Å². The molecule has 0 saturated carbocycles. The maximum Gasteiger partial charge on any atom is 0.271 e. The van der Waals surface area contributed by atoms with E-state index in [1.165, 1.54) is 5.56 Å². The molecule has 0 aliphatic carbocycles. The van der Waals surface area contributed by atoms with E-state index < -0.39 is 0 Å². The summed E-state index contributed by atoms with van der Waals surface area (Å²) in [6.07, 6.45) is 4.30. The lowest BCUT2D eigenvalue weighted by Crippen LogP contribution is -2.18. The predicted octanol–water partition coefficient (Wildman–Crippen LogP) is 3.63. The zero-order valence-electron chi connectivity index (χ0n) is 16.3. The molecule has 3 rings (SSSR count). The predicted molar refractivity (Wildman–Crippen MR) is 110 cm³/mol. The van der Waals surface area contributed by atoms with Crippen LogP contribution >= 0.6 is 0 Å². The highest BCUT2D eigenvalue weighted by molar-refractivity contribution is 5.95. The highest BCUT2D eigenvalue weighted by Gasteiger charge is 2.06. The number of benzene rings is 2. The van der Waals surface area contributed by atoms with Gasteiger partial charge < -0.3 is 4.74 Å². The van der Waals surface area contributed by atoms with Crippen LogP contribution in [0.3, 0.4) is 0 Å². The number of carbonyl (C=O) groups excluding carboxylic acids is 1. The number of aromatic nitrogens is 2. The largest absolute Gasteiger partial charge is 0.489 e. The second kappa shape index (κ2) is 8.99. The fraction of sp³-hybridized carbons (Fsp3) is 0.227. The van der Waals surface area contributed by atoms with E-state index in [2.05, 4.69) is 34.7 Å². The standard InChI is InChI=1S/C22H24N4O2/c1-4-17-8-10-21(11-9-17)28-15-18-6-5-7-19(12-18)22(27)25-23-13-20-14-24-26(3)16(20)2/h5-14H,4,15H2,1-3H3,(H,25,27)/b23-13-. The van der Waals surface area contributed by atoms with Gasteiger partial charge in [-0.3, -0.25) is 9.48 Å². The van der Waals surface area contributed by atoms with Crippen molar-refractivity contribution in [2.75, 3.05) is 0 Å². The summed E-state index contributed by atoms with van der Waals surface area (Å²) in [5.74, 6) is 0.537. The van der Waals surface area contributed by atoms with Crippen LogP contribution in [0.15, 0.2) is 59.8 Å². The van der Waals surface area contributed by atoms with Crippen molar-refractivity contribution in [1.82, 2.24) is 15.2 Å². The van der Waals surface area contributed by atoms with E-state index >= 15 is 0 Å². The third kappa shape index (κ3) is 4.85. The summed E-state index contributed by atoms with van der Waals surface area (Å²) < 4.78 is 7.56. The Hall–Kier alpha value is -3.41. The van der Waals surface area contributed by atoms with Gasteiger partial charge in [0.05, 0.1) is 12.4 Å². The molecule has 2 aromatic carbocycles. The summed E-state index contributed by atoms with van der Waals surface area (Å²) in [7, 11) is 1.86. The van der Waals surface area contributed by atoms with Crippen LogP contribution in [0.25, 0.3) is 0 Å². The molecule has 0 saturated heterocycles. The molecule has 3 aromatic rings. The molecule has 0 aliphatic rings. The first-order valence-electron chi connectivity index (χ1n) is 9.19. The first-order valence-corrected chi connectivity index (χ1v) is 9.19. The van der Waals surface area contributed by atoms with Crippen LogP contribution in [0.1, 0.15) is 39.7 Å². The number of nitrogens with zero attached hydrogens (tertiary/aromatic N) is 3. The van der Waals surface area contributed by atoms with Crippen LogP contribution in [0, 0.1) is 6.92 Å². The number of aryl methyl sites for hydroxylation is 2. The van der Waals surface area contributed by atoms with Gasteiger partial charge in [-0.05, 0) is 48.7 Å². The molecule has 0 atom stereocenters. The third-order valence-corrected chi connectivity index (χ3v) is 4.57. The Kier molecular flexibility index (Phi) is 6.22. The summed E-state index contributed by atoms with van der Waals surface area (Å²) >= 11 is 0. The van der Waals surface area contributed by atoms with Crippen LogP contribution in [0.2, 0.25) is 0 Å².